The number of aliphatic carboxylic acids is 1. The lowest BCUT2D eigenvalue weighted by Gasteiger charge is -2.24. The highest BCUT2D eigenvalue weighted by atomic mass is 16.4. The van der Waals surface area contributed by atoms with Gasteiger partial charge in [-0.2, -0.15) is 0 Å². The minimum Gasteiger partial charge on any atom is -0.480 e. The topological polar surface area (TPSA) is 57.6 Å². The molecule has 2 atom stereocenters. The SMILES string of the molecule is CCC(C(=O)O)N(C)C(=O)C1CC1(C)C. The van der Waals surface area contributed by atoms with E-state index in [0.717, 1.165) is 6.42 Å². The maximum absolute atomic E-state index is 11.9. The van der Waals surface area contributed by atoms with Crippen molar-refractivity contribution in [3.05, 3.63) is 0 Å². The lowest BCUT2D eigenvalue weighted by molar-refractivity contribution is -0.149. The average molecular weight is 213 g/mol. The predicted octanol–water partition coefficient (Wildman–Crippen LogP) is 1.35. The van der Waals surface area contributed by atoms with Crippen molar-refractivity contribution < 1.29 is 14.7 Å². The summed E-state index contributed by atoms with van der Waals surface area (Å²) in [5.74, 6) is -0.947. The highest BCUT2D eigenvalue weighted by molar-refractivity contribution is 5.87. The maximum Gasteiger partial charge on any atom is 0.326 e. The van der Waals surface area contributed by atoms with E-state index in [0.29, 0.717) is 6.42 Å². The van der Waals surface area contributed by atoms with E-state index in [9.17, 15) is 9.59 Å². The zero-order chi connectivity index (χ0) is 11.8. The van der Waals surface area contributed by atoms with Gasteiger partial charge < -0.3 is 10.0 Å². The number of carboxylic acids is 1. The van der Waals surface area contributed by atoms with Gasteiger partial charge in [0.2, 0.25) is 5.91 Å². The van der Waals surface area contributed by atoms with Gasteiger partial charge in [0.25, 0.3) is 0 Å². The van der Waals surface area contributed by atoms with Crippen molar-refractivity contribution in [2.24, 2.45) is 11.3 Å². The molecule has 0 aliphatic heterocycles. The Balaban J connectivity index is 2.64. The van der Waals surface area contributed by atoms with Gasteiger partial charge in [-0.05, 0) is 18.3 Å². The molecular formula is C11H19NO3. The molecule has 4 heteroatoms. The van der Waals surface area contributed by atoms with E-state index < -0.39 is 12.0 Å². The molecule has 2 unspecified atom stereocenters. The number of hydrogen-bond donors (Lipinski definition) is 1. The zero-order valence-electron chi connectivity index (χ0n) is 9.78. The Labute approximate surface area is 90.3 Å². The van der Waals surface area contributed by atoms with Crippen LogP contribution in [-0.2, 0) is 9.59 Å². The minimum absolute atomic E-state index is 0.0101. The largest absolute Gasteiger partial charge is 0.480 e. The molecule has 0 heterocycles. The monoisotopic (exact) mass is 213 g/mol. The number of rotatable bonds is 4. The highest BCUT2D eigenvalue weighted by Crippen LogP contribution is 2.52. The summed E-state index contributed by atoms with van der Waals surface area (Å²) in [6.45, 7) is 5.84. The first-order chi connectivity index (χ1) is 6.81. The second kappa shape index (κ2) is 3.83. The Morgan fingerprint density at radius 1 is 1.53 bits per heavy atom. The van der Waals surface area contributed by atoms with Crippen LogP contribution in [0.2, 0.25) is 0 Å². The molecule has 0 radical (unpaired) electrons. The molecule has 0 aromatic heterocycles. The molecule has 1 amide bonds. The van der Waals surface area contributed by atoms with E-state index in [1.54, 1.807) is 14.0 Å². The average Bonchev–Trinajstić information content (AvgIpc) is 2.74. The number of carbonyl (C=O) groups excluding carboxylic acids is 1. The van der Waals surface area contributed by atoms with Gasteiger partial charge in [0.1, 0.15) is 6.04 Å². The number of carboxylic acid groups (broad SMARTS) is 1. The standard InChI is InChI=1S/C11H19NO3/c1-5-8(10(14)15)12(4)9(13)7-6-11(7,2)3/h7-8H,5-6H2,1-4H3,(H,14,15). The molecule has 1 N–H and O–H groups in total. The van der Waals surface area contributed by atoms with Gasteiger partial charge in [0.15, 0.2) is 0 Å². The van der Waals surface area contributed by atoms with Crippen LogP contribution >= 0.6 is 0 Å². The van der Waals surface area contributed by atoms with Crippen molar-refractivity contribution in [2.75, 3.05) is 7.05 Å². The predicted molar refractivity (Wildman–Crippen MR) is 56.4 cm³/mol. The van der Waals surface area contributed by atoms with E-state index in [4.69, 9.17) is 5.11 Å². The van der Waals surface area contributed by atoms with Gasteiger partial charge in [-0.3, -0.25) is 4.79 Å². The Morgan fingerprint density at radius 2 is 2.00 bits per heavy atom. The Bertz CT molecular complexity index is 286. The lowest BCUT2D eigenvalue weighted by Crippen LogP contribution is -2.43. The smallest absolute Gasteiger partial charge is 0.326 e. The van der Waals surface area contributed by atoms with Crippen molar-refractivity contribution in [2.45, 2.75) is 39.7 Å². The molecule has 0 saturated heterocycles. The fourth-order valence-corrected chi connectivity index (χ4v) is 1.90. The second-order valence-corrected chi connectivity index (χ2v) is 4.96. The number of amides is 1. The van der Waals surface area contributed by atoms with E-state index in [-0.39, 0.29) is 17.2 Å². The lowest BCUT2D eigenvalue weighted by atomic mass is 10.1. The number of carbonyl (C=O) groups is 2. The zero-order valence-corrected chi connectivity index (χ0v) is 9.78. The highest BCUT2D eigenvalue weighted by Gasteiger charge is 2.52. The van der Waals surface area contributed by atoms with Crippen molar-refractivity contribution in [3.63, 3.8) is 0 Å². The first-order valence-corrected chi connectivity index (χ1v) is 5.30. The third-order valence-corrected chi connectivity index (χ3v) is 3.30. The molecule has 0 aromatic rings. The van der Waals surface area contributed by atoms with Crippen LogP contribution in [0.3, 0.4) is 0 Å². The Kier molecular flexibility index (Phi) is 3.07. The number of nitrogens with zero attached hydrogens (tertiary/aromatic N) is 1. The number of hydrogen-bond acceptors (Lipinski definition) is 2. The molecule has 15 heavy (non-hydrogen) atoms. The fraction of sp³-hybridized carbons (Fsp3) is 0.818. The van der Waals surface area contributed by atoms with Gasteiger partial charge in [0, 0.05) is 13.0 Å². The third kappa shape index (κ3) is 2.30. The summed E-state index contributed by atoms with van der Waals surface area (Å²) in [6.07, 6.45) is 1.32. The molecular weight excluding hydrogens is 194 g/mol. The minimum atomic E-state index is -0.924. The van der Waals surface area contributed by atoms with Gasteiger partial charge in [-0.25, -0.2) is 4.79 Å². The van der Waals surface area contributed by atoms with Gasteiger partial charge in [-0.1, -0.05) is 20.8 Å². The maximum atomic E-state index is 11.9. The molecule has 0 bridgehead atoms. The molecule has 1 saturated carbocycles. The van der Waals surface area contributed by atoms with Crippen LogP contribution in [0.15, 0.2) is 0 Å². The van der Waals surface area contributed by atoms with Gasteiger partial charge >= 0.3 is 5.97 Å². The van der Waals surface area contributed by atoms with E-state index >= 15 is 0 Å². The summed E-state index contributed by atoms with van der Waals surface area (Å²) in [5.41, 5.74) is 0.0577. The summed E-state index contributed by atoms with van der Waals surface area (Å²) in [6, 6.07) is -0.686. The first-order valence-electron chi connectivity index (χ1n) is 5.30. The summed E-state index contributed by atoms with van der Waals surface area (Å²) in [4.78, 5) is 24.2. The quantitative estimate of drug-likeness (QED) is 0.767. The molecule has 1 aliphatic rings. The molecule has 1 fully saturated rings. The Morgan fingerprint density at radius 3 is 2.27 bits per heavy atom. The van der Waals surface area contributed by atoms with Crippen molar-refractivity contribution in [3.8, 4) is 0 Å². The summed E-state index contributed by atoms with van der Waals surface area (Å²) < 4.78 is 0. The normalized spacial score (nSPS) is 24.4. The van der Waals surface area contributed by atoms with E-state index in [2.05, 4.69) is 0 Å². The van der Waals surface area contributed by atoms with Crippen molar-refractivity contribution >= 4 is 11.9 Å². The number of likely N-dealkylation sites (N-methyl/N-ethyl adjacent to an activating group) is 1. The van der Waals surface area contributed by atoms with Crippen LogP contribution in [0.4, 0.5) is 0 Å². The summed E-state index contributed by atoms with van der Waals surface area (Å²) in [7, 11) is 1.58. The van der Waals surface area contributed by atoms with Crippen LogP contribution in [0.1, 0.15) is 33.6 Å². The van der Waals surface area contributed by atoms with Crippen molar-refractivity contribution in [1.29, 1.82) is 0 Å². The van der Waals surface area contributed by atoms with E-state index in [1.807, 2.05) is 13.8 Å². The van der Waals surface area contributed by atoms with Crippen LogP contribution in [0.5, 0.6) is 0 Å². The molecule has 86 valence electrons. The molecule has 4 nitrogen and oxygen atoms in total. The molecule has 0 aromatic carbocycles. The first kappa shape index (κ1) is 12.0. The summed E-state index contributed by atoms with van der Waals surface area (Å²) in [5, 5.41) is 8.93. The van der Waals surface area contributed by atoms with Crippen LogP contribution < -0.4 is 0 Å². The van der Waals surface area contributed by atoms with Gasteiger partial charge in [-0.15, -0.1) is 0 Å². The molecule has 1 rings (SSSR count). The fourth-order valence-electron chi connectivity index (χ4n) is 1.90. The third-order valence-electron chi connectivity index (χ3n) is 3.30. The summed E-state index contributed by atoms with van der Waals surface area (Å²) >= 11 is 0. The molecule has 1 aliphatic carbocycles. The van der Waals surface area contributed by atoms with Crippen LogP contribution in [0, 0.1) is 11.3 Å². The second-order valence-electron chi connectivity index (χ2n) is 4.96. The molecule has 0 spiro atoms. The van der Waals surface area contributed by atoms with Crippen LogP contribution in [-0.4, -0.2) is 35.0 Å². The van der Waals surface area contributed by atoms with Crippen LogP contribution in [0.25, 0.3) is 0 Å². The van der Waals surface area contributed by atoms with Crippen molar-refractivity contribution in [1.82, 2.24) is 4.90 Å². The Hall–Kier alpha value is -1.06. The van der Waals surface area contributed by atoms with E-state index in [1.165, 1.54) is 4.90 Å². The van der Waals surface area contributed by atoms with Gasteiger partial charge in [0.05, 0.1) is 0 Å².